The molecule has 1 aliphatic heterocycles. The van der Waals surface area contributed by atoms with Crippen molar-refractivity contribution in [3.8, 4) is 0 Å². The smallest absolute Gasteiger partial charge is 0.413 e. The van der Waals surface area contributed by atoms with Crippen molar-refractivity contribution in [3.05, 3.63) is 0 Å². The first-order chi connectivity index (χ1) is 7.11. The molecule has 86 valence electrons. The number of ether oxygens (including phenoxy) is 1. The maximum Gasteiger partial charge on any atom is 0.413 e. The van der Waals surface area contributed by atoms with Crippen LogP contribution in [0.4, 0.5) is 4.79 Å². The second-order valence-corrected chi connectivity index (χ2v) is 3.55. The van der Waals surface area contributed by atoms with E-state index in [4.69, 9.17) is 5.73 Å². The molecule has 0 aromatic rings. The molecule has 0 aromatic heterocycles. The van der Waals surface area contributed by atoms with E-state index in [0.29, 0.717) is 6.54 Å². The van der Waals surface area contributed by atoms with Crippen molar-refractivity contribution in [2.75, 3.05) is 26.2 Å². The molecule has 6 nitrogen and oxygen atoms in total. The van der Waals surface area contributed by atoms with Crippen LogP contribution in [0.25, 0.3) is 0 Å². The third kappa shape index (κ3) is 4.26. The quantitative estimate of drug-likeness (QED) is 0.649. The Morgan fingerprint density at radius 2 is 2.33 bits per heavy atom. The second-order valence-electron chi connectivity index (χ2n) is 3.55. The summed E-state index contributed by atoms with van der Waals surface area (Å²) in [4.78, 5) is 24.1. The number of nitrogens with zero attached hydrogens (tertiary/aromatic N) is 1. The van der Waals surface area contributed by atoms with Gasteiger partial charge in [-0.05, 0) is 13.3 Å². The summed E-state index contributed by atoms with van der Waals surface area (Å²) in [6.07, 6.45) is 0.207. The first kappa shape index (κ1) is 11.9. The van der Waals surface area contributed by atoms with E-state index in [9.17, 15) is 9.59 Å². The molecule has 3 N–H and O–H groups in total. The van der Waals surface area contributed by atoms with Gasteiger partial charge in [-0.25, -0.2) is 4.79 Å². The Morgan fingerprint density at radius 1 is 1.60 bits per heavy atom. The zero-order valence-electron chi connectivity index (χ0n) is 8.86. The number of nitrogens with one attached hydrogen (secondary N) is 1. The largest absolute Gasteiger partial charge is 0.450 e. The summed E-state index contributed by atoms with van der Waals surface area (Å²) in [7, 11) is 0. The molecule has 0 aromatic carbocycles. The van der Waals surface area contributed by atoms with E-state index in [1.165, 1.54) is 0 Å². The van der Waals surface area contributed by atoms with E-state index < -0.39 is 6.09 Å². The van der Waals surface area contributed by atoms with Gasteiger partial charge >= 0.3 is 6.09 Å². The molecule has 0 radical (unpaired) electrons. The van der Waals surface area contributed by atoms with Gasteiger partial charge in [0, 0.05) is 19.1 Å². The van der Waals surface area contributed by atoms with Crippen molar-refractivity contribution in [1.82, 2.24) is 10.2 Å². The number of likely N-dealkylation sites (tertiary alicyclic amines) is 1. The van der Waals surface area contributed by atoms with Crippen molar-refractivity contribution in [2.24, 2.45) is 5.73 Å². The molecule has 0 saturated carbocycles. The van der Waals surface area contributed by atoms with Crippen molar-refractivity contribution in [3.63, 3.8) is 0 Å². The van der Waals surface area contributed by atoms with Gasteiger partial charge in [-0.2, -0.15) is 0 Å². The Hall–Kier alpha value is -1.14. The fourth-order valence-electron chi connectivity index (χ4n) is 1.53. The lowest BCUT2D eigenvalue weighted by molar-refractivity contribution is -0.121. The predicted octanol–water partition coefficient (Wildman–Crippen LogP) is -0.708. The highest BCUT2D eigenvalue weighted by atomic mass is 16.5. The molecule has 1 atom stereocenters. The molecule has 15 heavy (non-hydrogen) atoms. The van der Waals surface area contributed by atoms with Gasteiger partial charge in [0.05, 0.1) is 13.2 Å². The zero-order valence-corrected chi connectivity index (χ0v) is 8.86. The molecule has 0 unspecified atom stereocenters. The highest BCUT2D eigenvalue weighted by Crippen LogP contribution is 2.05. The number of amides is 2. The molecular formula is C9H17N3O3. The summed E-state index contributed by atoms with van der Waals surface area (Å²) < 4.78 is 4.58. The fourth-order valence-corrected chi connectivity index (χ4v) is 1.53. The minimum Gasteiger partial charge on any atom is -0.450 e. The van der Waals surface area contributed by atoms with Gasteiger partial charge in [0.15, 0.2) is 0 Å². The summed E-state index contributed by atoms with van der Waals surface area (Å²) in [6, 6.07) is 0.139. The SMILES string of the molecule is CCOC(=O)NC(=O)CN1CC[C@@H](N)C1. The minimum atomic E-state index is -0.689. The lowest BCUT2D eigenvalue weighted by Crippen LogP contribution is -2.40. The average Bonchev–Trinajstić information content (AvgIpc) is 2.51. The number of rotatable bonds is 3. The van der Waals surface area contributed by atoms with E-state index in [0.717, 1.165) is 13.0 Å². The molecule has 6 heteroatoms. The van der Waals surface area contributed by atoms with E-state index in [-0.39, 0.29) is 25.1 Å². The Labute approximate surface area is 88.7 Å². The molecule has 1 rings (SSSR count). The van der Waals surface area contributed by atoms with Crippen molar-refractivity contribution < 1.29 is 14.3 Å². The van der Waals surface area contributed by atoms with Crippen LogP contribution in [0.1, 0.15) is 13.3 Å². The van der Waals surface area contributed by atoms with Crippen molar-refractivity contribution in [1.29, 1.82) is 0 Å². The standard InChI is InChI=1S/C9H17N3O3/c1-2-15-9(14)11-8(13)6-12-4-3-7(10)5-12/h7H,2-6,10H2,1H3,(H,11,13,14)/t7-/m1/s1. The second kappa shape index (κ2) is 5.67. The van der Waals surface area contributed by atoms with Crippen molar-refractivity contribution in [2.45, 2.75) is 19.4 Å². The van der Waals surface area contributed by atoms with Crippen molar-refractivity contribution >= 4 is 12.0 Å². The Kier molecular flexibility index (Phi) is 4.51. The average molecular weight is 215 g/mol. The van der Waals surface area contributed by atoms with E-state index >= 15 is 0 Å². The molecular weight excluding hydrogens is 198 g/mol. The van der Waals surface area contributed by atoms with Crippen LogP contribution in [0.2, 0.25) is 0 Å². The minimum absolute atomic E-state index is 0.139. The highest BCUT2D eigenvalue weighted by molar-refractivity contribution is 5.92. The van der Waals surface area contributed by atoms with Crippen LogP contribution < -0.4 is 11.1 Å². The molecule has 1 saturated heterocycles. The van der Waals surface area contributed by atoms with E-state index in [2.05, 4.69) is 10.1 Å². The van der Waals surface area contributed by atoms with Crippen LogP contribution in [0.5, 0.6) is 0 Å². The number of imide groups is 1. The monoisotopic (exact) mass is 215 g/mol. The molecule has 0 aliphatic carbocycles. The third-order valence-corrected chi connectivity index (χ3v) is 2.19. The summed E-state index contributed by atoms with van der Waals surface area (Å²) in [5.41, 5.74) is 5.68. The van der Waals surface area contributed by atoms with Gasteiger partial charge in [0.1, 0.15) is 0 Å². The zero-order chi connectivity index (χ0) is 11.3. The van der Waals surface area contributed by atoms with Crippen LogP contribution in [-0.2, 0) is 9.53 Å². The van der Waals surface area contributed by atoms with Gasteiger partial charge < -0.3 is 10.5 Å². The van der Waals surface area contributed by atoms with Gasteiger partial charge in [0.2, 0.25) is 5.91 Å². The van der Waals surface area contributed by atoms with Gasteiger partial charge in [0.25, 0.3) is 0 Å². The van der Waals surface area contributed by atoms with Crippen LogP contribution in [0.15, 0.2) is 0 Å². The van der Waals surface area contributed by atoms with Crippen LogP contribution in [0, 0.1) is 0 Å². The number of carbonyl (C=O) groups is 2. The summed E-state index contributed by atoms with van der Waals surface area (Å²) >= 11 is 0. The third-order valence-electron chi connectivity index (χ3n) is 2.19. The van der Waals surface area contributed by atoms with Gasteiger partial charge in [-0.15, -0.1) is 0 Å². The molecule has 1 fully saturated rings. The lowest BCUT2D eigenvalue weighted by Gasteiger charge is -2.13. The molecule has 0 spiro atoms. The number of hydrogen-bond donors (Lipinski definition) is 2. The van der Waals surface area contributed by atoms with Crippen LogP contribution in [-0.4, -0.2) is 49.2 Å². The molecule has 0 bridgehead atoms. The molecule has 1 heterocycles. The van der Waals surface area contributed by atoms with E-state index in [1.807, 2.05) is 4.90 Å². The number of alkyl carbamates (subject to hydrolysis) is 1. The Morgan fingerprint density at radius 3 is 2.87 bits per heavy atom. The highest BCUT2D eigenvalue weighted by Gasteiger charge is 2.21. The Balaban J connectivity index is 2.21. The molecule has 1 aliphatic rings. The first-order valence-electron chi connectivity index (χ1n) is 5.06. The number of nitrogens with two attached hydrogens (primary N) is 1. The van der Waals surface area contributed by atoms with Crippen LogP contribution in [0.3, 0.4) is 0 Å². The summed E-state index contributed by atoms with van der Waals surface area (Å²) in [6.45, 7) is 3.65. The topological polar surface area (TPSA) is 84.7 Å². The van der Waals surface area contributed by atoms with Crippen LogP contribution >= 0.6 is 0 Å². The Bertz CT molecular complexity index is 245. The van der Waals surface area contributed by atoms with Gasteiger partial charge in [-0.3, -0.25) is 15.0 Å². The molecule has 2 amide bonds. The van der Waals surface area contributed by atoms with Gasteiger partial charge in [-0.1, -0.05) is 0 Å². The number of carbonyl (C=O) groups excluding carboxylic acids is 2. The fraction of sp³-hybridized carbons (Fsp3) is 0.778. The maximum absolute atomic E-state index is 11.3. The number of hydrogen-bond acceptors (Lipinski definition) is 5. The maximum atomic E-state index is 11.3. The first-order valence-corrected chi connectivity index (χ1v) is 5.06. The summed E-state index contributed by atoms with van der Waals surface area (Å²) in [5, 5.41) is 2.14. The van der Waals surface area contributed by atoms with E-state index in [1.54, 1.807) is 6.92 Å². The summed E-state index contributed by atoms with van der Waals surface area (Å²) in [5.74, 6) is -0.345. The normalized spacial score (nSPS) is 21.3. The predicted molar refractivity (Wildman–Crippen MR) is 54.2 cm³/mol. The lowest BCUT2D eigenvalue weighted by atomic mass is 10.3.